The molecule has 0 aliphatic carbocycles. The molecule has 1 aromatic rings. The predicted octanol–water partition coefficient (Wildman–Crippen LogP) is -0.463. The van der Waals surface area contributed by atoms with Gasteiger partial charge in [0.25, 0.3) is 5.91 Å². The van der Waals surface area contributed by atoms with E-state index in [1.54, 1.807) is 21.9 Å². The quantitative estimate of drug-likeness (QED) is 0.660. The number of carbonyl (C=O) groups is 2. The maximum Gasteiger partial charge on any atom is 0.253 e. The van der Waals surface area contributed by atoms with Crippen LogP contribution in [0.5, 0.6) is 0 Å². The van der Waals surface area contributed by atoms with E-state index in [0.717, 1.165) is 19.5 Å². The molecule has 2 fully saturated rings. The Labute approximate surface area is 154 Å². The molecule has 2 aliphatic heterocycles. The van der Waals surface area contributed by atoms with Crippen LogP contribution in [0.25, 0.3) is 0 Å². The Hall–Kier alpha value is -1.97. The number of amides is 2. The SMILES string of the molecule is CN1CCN(C(=O)c2ccc(S(=O)(=O)N3CCN(C=O)CC3)cc2)CC1. The Morgan fingerprint density at radius 3 is 2.04 bits per heavy atom. The lowest BCUT2D eigenvalue weighted by molar-refractivity contribution is -0.119. The Balaban J connectivity index is 1.68. The molecule has 2 heterocycles. The van der Waals surface area contributed by atoms with Gasteiger partial charge in [0.1, 0.15) is 0 Å². The molecule has 0 aromatic heterocycles. The lowest BCUT2D eigenvalue weighted by Crippen LogP contribution is -2.48. The Morgan fingerprint density at radius 1 is 0.923 bits per heavy atom. The minimum Gasteiger partial charge on any atom is -0.343 e. The molecule has 8 nitrogen and oxygen atoms in total. The first-order valence-electron chi connectivity index (χ1n) is 8.69. The van der Waals surface area contributed by atoms with E-state index in [2.05, 4.69) is 4.90 Å². The largest absolute Gasteiger partial charge is 0.343 e. The van der Waals surface area contributed by atoms with Crippen molar-refractivity contribution in [2.75, 3.05) is 59.4 Å². The number of likely N-dealkylation sites (N-methyl/N-ethyl adjacent to an activating group) is 1. The normalized spacial score (nSPS) is 20.2. The average Bonchev–Trinajstić information content (AvgIpc) is 2.68. The van der Waals surface area contributed by atoms with Crippen LogP contribution < -0.4 is 0 Å². The van der Waals surface area contributed by atoms with E-state index in [1.807, 2.05) is 7.05 Å². The molecule has 0 unspecified atom stereocenters. The van der Waals surface area contributed by atoms with Crippen LogP contribution >= 0.6 is 0 Å². The van der Waals surface area contributed by atoms with Crippen LogP contribution in [0.15, 0.2) is 29.2 Å². The molecule has 0 N–H and O–H groups in total. The summed E-state index contributed by atoms with van der Waals surface area (Å²) in [6.07, 6.45) is 0.739. The van der Waals surface area contributed by atoms with Crippen molar-refractivity contribution in [2.45, 2.75) is 4.90 Å². The highest BCUT2D eigenvalue weighted by atomic mass is 32.2. The molecular formula is C17H24N4O4S. The van der Waals surface area contributed by atoms with Crippen LogP contribution in [0.4, 0.5) is 0 Å². The number of hydrogen-bond donors (Lipinski definition) is 0. The van der Waals surface area contributed by atoms with Crippen LogP contribution in [-0.4, -0.2) is 99.1 Å². The molecule has 0 saturated carbocycles. The zero-order valence-corrected chi connectivity index (χ0v) is 15.7. The van der Waals surface area contributed by atoms with Gasteiger partial charge in [0.05, 0.1) is 4.90 Å². The number of piperazine rings is 2. The lowest BCUT2D eigenvalue weighted by atomic mass is 10.2. The maximum absolute atomic E-state index is 12.7. The second-order valence-electron chi connectivity index (χ2n) is 6.67. The topological polar surface area (TPSA) is 81.2 Å². The van der Waals surface area contributed by atoms with E-state index in [4.69, 9.17) is 0 Å². The highest BCUT2D eigenvalue weighted by molar-refractivity contribution is 7.89. The third-order valence-electron chi connectivity index (χ3n) is 4.95. The molecule has 9 heteroatoms. The van der Waals surface area contributed by atoms with Gasteiger partial charge >= 0.3 is 0 Å². The number of rotatable bonds is 4. The van der Waals surface area contributed by atoms with Crippen molar-refractivity contribution < 1.29 is 18.0 Å². The lowest BCUT2D eigenvalue weighted by Gasteiger charge is -2.32. The molecule has 26 heavy (non-hydrogen) atoms. The summed E-state index contributed by atoms with van der Waals surface area (Å²) in [4.78, 5) is 29.0. The van der Waals surface area contributed by atoms with Gasteiger partial charge in [0.15, 0.2) is 0 Å². The van der Waals surface area contributed by atoms with E-state index in [9.17, 15) is 18.0 Å². The van der Waals surface area contributed by atoms with Crippen LogP contribution in [0, 0.1) is 0 Å². The highest BCUT2D eigenvalue weighted by Gasteiger charge is 2.28. The third kappa shape index (κ3) is 3.89. The van der Waals surface area contributed by atoms with Crippen molar-refractivity contribution in [3.05, 3.63) is 29.8 Å². The van der Waals surface area contributed by atoms with Gasteiger partial charge in [0, 0.05) is 57.9 Å². The molecule has 0 spiro atoms. The summed E-state index contributed by atoms with van der Waals surface area (Å²) in [5, 5.41) is 0. The van der Waals surface area contributed by atoms with Gasteiger partial charge in [-0.15, -0.1) is 0 Å². The molecule has 0 bridgehead atoms. The molecule has 1 aromatic carbocycles. The highest BCUT2D eigenvalue weighted by Crippen LogP contribution is 2.19. The predicted molar refractivity (Wildman–Crippen MR) is 96.2 cm³/mol. The minimum absolute atomic E-state index is 0.0679. The van der Waals surface area contributed by atoms with Gasteiger partial charge < -0.3 is 14.7 Å². The Kier molecular flexibility index (Phi) is 5.59. The number of nitrogens with zero attached hydrogens (tertiary/aromatic N) is 4. The van der Waals surface area contributed by atoms with Crippen LogP contribution in [-0.2, 0) is 14.8 Å². The minimum atomic E-state index is -3.61. The number of sulfonamides is 1. The van der Waals surface area contributed by atoms with Gasteiger partial charge in [-0.05, 0) is 31.3 Å². The maximum atomic E-state index is 12.7. The summed E-state index contributed by atoms with van der Waals surface area (Å²) in [5.74, 6) is -0.0679. The number of hydrogen-bond acceptors (Lipinski definition) is 5. The molecule has 2 saturated heterocycles. The molecule has 0 atom stereocenters. The van der Waals surface area contributed by atoms with Crippen molar-refractivity contribution in [3.63, 3.8) is 0 Å². The van der Waals surface area contributed by atoms with Gasteiger partial charge in [-0.3, -0.25) is 9.59 Å². The molecule has 3 rings (SSSR count). The van der Waals surface area contributed by atoms with Gasteiger partial charge in [-0.2, -0.15) is 4.31 Å². The molecule has 0 radical (unpaired) electrons. The van der Waals surface area contributed by atoms with Crippen molar-refractivity contribution in [3.8, 4) is 0 Å². The monoisotopic (exact) mass is 380 g/mol. The summed E-state index contributed by atoms with van der Waals surface area (Å²) in [6.45, 7) is 4.38. The molecule has 142 valence electrons. The molecular weight excluding hydrogens is 356 g/mol. The van der Waals surface area contributed by atoms with E-state index >= 15 is 0 Å². The Morgan fingerprint density at radius 2 is 1.50 bits per heavy atom. The zero-order chi connectivity index (χ0) is 18.7. The van der Waals surface area contributed by atoms with Gasteiger partial charge in [-0.1, -0.05) is 0 Å². The van der Waals surface area contributed by atoms with Gasteiger partial charge in [-0.25, -0.2) is 8.42 Å². The fraction of sp³-hybridized carbons (Fsp3) is 0.529. The number of carbonyl (C=O) groups excluding carboxylic acids is 2. The molecule has 2 aliphatic rings. The van der Waals surface area contributed by atoms with E-state index in [0.29, 0.717) is 31.7 Å². The van der Waals surface area contributed by atoms with Gasteiger partial charge in [0.2, 0.25) is 16.4 Å². The fourth-order valence-electron chi connectivity index (χ4n) is 3.16. The first-order chi connectivity index (χ1) is 12.4. The van der Waals surface area contributed by atoms with E-state index < -0.39 is 10.0 Å². The van der Waals surface area contributed by atoms with Crippen LogP contribution in [0.2, 0.25) is 0 Å². The van der Waals surface area contributed by atoms with Crippen LogP contribution in [0.3, 0.4) is 0 Å². The molecule has 2 amide bonds. The standard InChI is InChI=1S/C17H24N4O4S/c1-18-6-10-20(11-7-18)17(23)15-2-4-16(5-3-15)26(24,25)21-12-8-19(14-22)9-13-21/h2-5,14H,6-13H2,1H3. The smallest absolute Gasteiger partial charge is 0.253 e. The third-order valence-corrected chi connectivity index (χ3v) is 6.86. The first-order valence-corrected chi connectivity index (χ1v) is 10.1. The van der Waals surface area contributed by atoms with Crippen molar-refractivity contribution in [2.24, 2.45) is 0 Å². The summed E-state index contributed by atoms with van der Waals surface area (Å²) >= 11 is 0. The van der Waals surface area contributed by atoms with E-state index in [1.165, 1.54) is 16.4 Å². The van der Waals surface area contributed by atoms with Crippen molar-refractivity contribution >= 4 is 22.3 Å². The first kappa shape index (κ1) is 18.8. The summed E-state index contributed by atoms with van der Waals surface area (Å²) in [7, 11) is -1.58. The second kappa shape index (κ2) is 7.73. The zero-order valence-electron chi connectivity index (χ0n) is 14.9. The second-order valence-corrected chi connectivity index (χ2v) is 8.60. The summed E-state index contributed by atoms with van der Waals surface area (Å²) < 4.78 is 26.8. The average molecular weight is 380 g/mol. The Bertz CT molecular complexity index is 749. The van der Waals surface area contributed by atoms with Crippen LogP contribution in [0.1, 0.15) is 10.4 Å². The summed E-state index contributed by atoms with van der Waals surface area (Å²) in [6, 6.07) is 6.14. The fourth-order valence-corrected chi connectivity index (χ4v) is 4.58. The van der Waals surface area contributed by atoms with E-state index in [-0.39, 0.29) is 23.9 Å². The number of benzene rings is 1. The summed E-state index contributed by atoms with van der Waals surface area (Å²) in [5.41, 5.74) is 0.499. The van der Waals surface area contributed by atoms with Crippen molar-refractivity contribution in [1.82, 2.24) is 19.0 Å². The van der Waals surface area contributed by atoms with Crippen molar-refractivity contribution in [1.29, 1.82) is 0 Å².